The second-order valence-electron chi connectivity index (χ2n) is 4.60. The van der Waals surface area contributed by atoms with Gasteiger partial charge in [-0.15, -0.1) is 0 Å². The molecule has 103 valence electrons. The molecule has 0 heterocycles. The van der Waals surface area contributed by atoms with Crippen molar-refractivity contribution in [3.8, 4) is 0 Å². The van der Waals surface area contributed by atoms with E-state index in [0.29, 0.717) is 6.42 Å². The van der Waals surface area contributed by atoms with Crippen LogP contribution in [0.3, 0.4) is 0 Å². The molecule has 19 heavy (non-hydrogen) atoms. The predicted octanol–water partition coefficient (Wildman–Crippen LogP) is 3.46. The van der Waals surface area contributed by atoms with Gasteiger partial charge in [0.1, 0.15) is 0 Å². The largest absolute Gasteiger partial charge is 0.294 e. The molecule has 0 spiro atoms. The second-order valence-corrected chi connectivity index (χ2v) is 5.99. The predicted molar refractivity (Wildman–Crippen MR) is 79.1 cm³/mol. The summed E-state index contributed by atoms with van der Waals surface area (Å²) in [6.45, 7) is 2.18. The molecule has 0 fully saturated rings. The molecular formula is C14H22LiO3S. The number of benzene rings is 1. The molecule has 3 nitrogen and oxygen atoms in total. The quantitative estimate of drug-likeness (QED) is 0.450. The average Bonchev–Trinajstić information content (AvgIpc) is 2.33. The Kier molecular flexibility index (Phi) is 9.47. The maximum absolute atomic E-state index is 11.2. The Morgan fingerprint density at radius 1 is 1.00 bits per heavy atom. The Morgan fingerprint density at radius 3 is 2.21 bits per heavy atom. The summed E-state index contributed by atoms with van der Waals surface area (Å²) < 4.78 is 31.5. The van der Waals surface area contributed by atoms with Gasteiger partial charge in [0.15, 0.2) is 0 Å². The number of rotatable bonds is 8. The van der Waals surface area contributed by atoms with Crippen LogP contribution in [0.25, 0.3) is 0 Å². The topological polar surface area (TPSA) is 54.4 Å². The standard InChI is InChI=1S/C14H22O3S.Li/c1-2-3-4-5-6-7-10-13-11-8-9-12-14(13)18(15,16)17;/h8-9,11-12H,2-7,10H2,1H3,(H,15,16,17);. The van der Waals surface area contributed by atoms with Crippen LogP contribution in [0.15, 0.2) is 29.2 Å². The van der Waals surface area contributed by atoms with Crippen molar-refractivity contribution in [3.05, 3.63) is 29.8 Å². The molecule has 1 N–H and O–H groups in total. The van der Waals surface area contributed by atoms with E-state index in [1.165, 1.54) is 31.7 Å². The van der Waals surface area contributed by atoms with Gasteiger partial charge in [-0.25, -0.2) is 0 Å². The fourth-order valence-electron chi connectivity index (χ4n) is 2.06. The van der Waals surface area contributed by atoms with Crippen LogP contribution in [0.4, 0.5) is 0 Å². The number of unbranched alkanes of at least 4 members (excludes halogenated alkanes) is 5. The molecule has 0 saturated carbocycles. The van der Waals surface area contributed by atoms with Gasteiger partial charge in [-0.1, -0.05) is 57.2 Å². The third-order valence-electron chi connectivity index (χ3n) is 3.05. The van der Waals surface area contributed by atoms with E-state index < -0.39 is 10.1 Å². The fraction of sp³-hybridized carbons (Fsp3) is 0.571. The van der Waals surface area contributed by atoms with Crippen LogP contribution in [0, 0.1) is 0 Å². The first-order valence-electron chi connectivity index (χ1n) is 6.61. The summed E-state index contributed by atoms with van der Waals surface area (Å²) >= 11 is 0. The molecule has 0 aliphatic heterocycles. The van der Waals surface area contributed by atoms with Crippen molar-refractivity contribution >= 4 is 29.0 Å². The zero-order valence-corrected chi connectivity index (χ0v) is 12.7. The Labute approximate surface area is 128 Å². The molecular weight excluding hydrogens is 255 g/mol. The van der Waals surface area contributed by atoms with Gasteiger partial charge in [0.25, 0.3) is 10.1 Å². The van der Waals surface area contributed by atoms with Gasteiger partial charge in [-0.05, 0) is 24.5 Å². The van der Waals surface area contributed by atoms with Crippen LogP contribution in [0.2, 0.25) is 0 Å². The maximum atomic E-state index is 11.2. The van der Waals surface area contributed by atoms with Gasteiger partial charge in [0, 0.05) is 18.9 Å². The molecule has 1 radical (unpaired) electrons. The van der Waals surface area contributed by atoms with Gasteiger partial charge < -0.3 is 0 Å². The molecule has 1 aromatic rings. The van der Waals surface area contributed by atoms with E-state index in [1.54, 1.807) is 18.2 Å². The first-order valence-corrected chi connectivity index (χ1v) is 8.05. The van der Waals surface area contributed by atoms with Crippen molar-refractivity contribution in [2.45, 2.75) is 56.8 Å². The summed E-state index contributed by atoms with van der Waals surface area (Å²) in [7, 11) is -4.08. The Hall–Kier alpha value is -0.273. The van der Waals surface area contributed by atoms with E-state index in [4.69, 9.17) is 4.55 Å². The van der Waals surface area contributed by atoms with E-state index in [0.717, 1.165) is 18.4 Å². The van der Waals surface area contributed by atoms with Crippen LogP contribution in [0.1, 0.15) is 51.0 Å². The third-order valence-corrected chi connectivity index (χ3v) is 4.00. The molecule has 0 aromatic heterocycles. The van der Waals surface area contributed by atoms with Gasteiger partial charge in [0.2, 0.25) is 0 Å². The van der Waals surface area contributed by atoms with Crippen molar-refractivity contribution in [2.75, 3.05) is 0 Å². The molecule has 0 amide bonds. The van der Waals surface area contributed by atoms with Crippen LogP contribution in [-0.4, -0.2) is 31.8 Å². The van der Waals surface area contributed by atoms with Crippen LogP contribution < -0.4 is 0 Å². The number of aryl methyl sites for hydroxylation is 1. The van der Waals surface area contributed by atoms with Crippen LogP contribution in [-0.2, 0) is 16.5 Å². The minimum Gasteiger partial charge on any atom is -0.282 e. The van der Waals surface area contributed by atoms with Crippen LogP contribution >= 0.6 is 0 Å². The van der Waals surface area contributed by atoms with E-state index in [-0.39, 0.29) is 23.8 Å². The smallest absolute Gasteiger partial charge is 0.282 e. The molecule has 0 saturated heterocycles. The molecule has 5 heteroatoms. The molecule has 0 aliphatic rings. The molecule has 1 rings (SSSR count). The number of hydrogen-bond acceptors (Lipinski definition) is 2. The summed E-state index contributed by atoms with van der Waals surface area (Å²) in [6.07, 6.45) is 7.73. The van der Waals surface area contributed by atoms with Crippen molar-refractivity contribution < 1.29 is 13.0 Å². The fourth-order valence-corrected chi connectivity index (χ4v) is 2.81. The summed E-state index contributed by atoms with van der Waals surface area (Å²) in [5.41, 5.74) is 0.718. The SMILES string of the molecule is CCCCCCCCc1ccccc1S(=O)(=O)O.[Li]. The van der Waals surface area contributed by atoms with Crippen LogP contribution in [0.5, 0.6) is 0 Å². The first-order chi connectivity index (χ1) is 8.55. The van der Waals surface area contributed by atoms with Gasteiger partial charge in [-0.3, -0.25) is 4.55 Å². The van der Waals surface area contributed by atoms with E-state index in [9.17, 15) is 8.42 Å². The van der Waals surface area contributed by atoms with Crippen molar-refractivity contribution in [2.24, 2.45) is 0 Å². The maximum Gasteiger partial charge on any atom is 0.294 e. The average molecular weight is 277 g/mol. The summed E-state index contributed by atoms with van der Waals surface area (Å²) in [5.74, 6) is 0. The summed E-state index contributed by atoms with van der Waals surface area (Å²) in [6, 6.07) is 6.67. The van der Waals surface area contributed by atoms with Gasteiger partial charge in [-0.2, -0.15) is 8.42 Å². The Balaban J connectivity index is 0.00000324. The van der Waals surface area contributed by atoms with Crippen molar-refractivity contribution in [1.82, 2.24) is 0 Å². The molecule has 0 bridgehead atoms. The Bertz CT molecular complexity index is 458. The zero-order valence-electron chi connectivity index (χ0n) is 11.9. The minimum atomic E-state index is -4.08. The second kappa shape index (κ2) is 9.60. The summed E-state index contributed by atoms with van der Waals surface area (Å²) in [4.78, 5) is 0.0542. The monoisotopic (exact) mass is 277 g/mol. The minimum absolute atomic E-state index is 0. The van der Waals surface area contributed by atoms with Gasteiger partial charge in [0.05, 0.1) is 4.90 Å². The third kappa shape index (κ3) is 7.17. The van der Waals surface area contributed by atoms with E-state index in [1.807, 2.05) is 0 Å². The van der Waals surface area contributed by atoms with E-state index in [2.05, 4.69) is 6.92 Å². The molecule has 1 aromatic carbocycles. The van der Waals surface area contributed by atoms with Crippen molar-refractivity contribution in [3.63, 3.8) is 0 Å². The summed E-state index contributed by atoms with van der Waals surface area (Å²) in [5, 5.41) is 0. The molecule has 0 atom stereocenters. The zero-order chi connectivity index (χ0) is 13.4. The van der Waals surface area contributed by atoms with Crippen molar-refractivity contribution in [1.29, 1.82) is 0 Å². The first kappa shape index (κ1) is 18.7. The normalized spacial score (nSPS) is 11.1. The van der Waals surface area contributed by atoms with E-state index >= 15 is 0 Å². The molecule has 0 unspecified atom stereocenters. The van der Waals surface area contributed by atoms with Gasteiger partial charge >= 0.3 is 0 Å². The number of hydrogen-bond donors (Lipinski definition) is 1. The molecule has 0 aliphatic carbocycles. The Morgan fingerprint density at radius 2 is 1.58 bits per heavy atom.